The van der Waals surface area contributed by atoms with Crippen LogP contribution in [0.1, 0.15) is 0 Å². The number of thioether (sulfide) groups is 1. The summed E-state index contributed by atoms with van der Waals surface area (Å²) in [6.07, 6.45) is -16.2. The predicted octanol–water partition coefficient (Wildman–Crippen LogP) is 5.63. The van der Waals surface area contributed by atoms with Crippen LogP contribution in [0.15, 0.2) is 34.9 Å². The first-order valence-electron chi connectivity index (χ1n) is 6.62. The monoisotopic (exact) mass is 424 g/mol. The minimum absolute atomic E-state index is 0.241. The number of benzene rings is 1. The number of nitrogens with zero attached hydrogens (tertiary/aromatic N) is 1. The molecule has 13 heteroatoms. The van der Waals surface area contributed by atoms with Gasteiger partial charge in [-0.25, -0.2) is 4.39 Å². The molecule has 1 unspecified atom stereocenters. The number of ether oxygens (including phenoxy) is 1. The zero-order chi connectivity index (χ0) is 21.0. The van der Waals surface area contributed by atoms with Crippen molar-refractivity contribution in [3.05, 3.63) is 34.9 Å². The third kappa shape index (κ3) is 6.16. The molecular weight excluding hydrogens is 415 g/mol. The van der Waals surface area contributed by atoms with Gasteiger partial charge in [0.2, 0.25) is 0 Å². The molecular formula is C14H9F9N2OS. The molecule has 1 aromatic carbocycles. The third-order valence-electron chi connectivity index (χ3n) is 2.79. The Labute approximate surface area is 150 Å². The van der Waals surface area contributed by atoms with Crippen LogP contribution in [0.3, 0.4) is 0 Å². The van der Waals surface area contributed by atoms with E-state index in [1.807, 2.05) is 0 Å². The second-order valence-electron chi connectivity index (χ2n) is 4.74. The molecule has 0 saturated carbocycles. The summed E-state index contributed by atoms with van der Waals surface area (Å²) in [6, 6.07) is 5.21. The van der Waals surface area contributed by atoms with Crippen LogP contribution in [-0.4, -0.2) is 30.9 Å². The minimum Gasteiger partial charge on any atom is -0.497 e. The Hall–Kier alpha value is -2.23. The summed E-state index contributed by atoms with van der Waals surface area (Å²) in [5, 5.41) is 5.02. The smallest absolute Gasteiger partial charge is 0.433 e. The van der Waals surface area contributed by atoms with Crippen molar-refractivity contribution < 1.29 is 44.3 Å². The number of hydrogen-bond acceptors (Lipinski definition) is 4. The zero-order valence-corrected chi connectivity index (χ0v) is 13.9. The normalized spacial score (nSPS) is 14.9. The second-order valence-corrected chi connectivity index (χ2v) is 5.89. The molecule has 3 nitrogen and oxygen atoms in total. The van der Waals surface area contributed by atoms with Gasteiger partial charge in [-0.1, -0.05) is 0 Å². The topological polar surface area (TPSA) is 45.0 Å². The summed E-state index contributed by atoms with van der Waals surface area (Å²) in [6.45, 7) is 0. The van der Waals surface area contributed by atoms with Crippen LogP contribution in [-0.2, 0) is 0 Å². The summed E-state index contributed by atoms with van der Waals surface area (Å²) < 4.78 is 120. The maximum atomic E-state index is 13.4. The van der Waals surface area contributed by atoms with E-state index in [4.69, 9.17) is 10.00 Å². The van der Waals surface area contributed by atoms with Crippen LogP contribution in [0.4, 0.5) is 45.2 Å². The molecule has 27 heavy (non-hydrogen) atoms. The molecule has 0 bridgehead atoms. The van der Waals surface area contributed by atoms with Gasteiger partial charge in [-0.3, -0.25) is 0 Å². The third-order valence-corrected chi connectivity index (χ3v) is 3.77. The highest BCUT2D eigenvalue weighted by Crippen LogP contribution is 2.47. The maximum Gasteiger partial charge on any atom is 0.433 e. The molecule has 0 fully saturated rings. The first-order valence-corrected chi connectivity index (χ1v) is 7.44. The van der Waals surface area contributed by atoms with E-state index in [-0.39, 0.29) is 11.4 Å². The minimum atomic E-state index is -6.03. The lowest BCUT2D eigenvalue weighted by Crippen LogP contribution is -2.39. The van der Waals surface area contributed by atoms with E-state index in [0.29, 0.717) is 0 Å². The molecule has 0 aliphatic carbocycles. The van der Waals surface area contributed by atoms with E-state index >= 15 is 0 Å². The van der Waals surface area contributed by atoms with Gasteiger partial charge >= 0.3 is 17.6 Å². The first-order chi connectivity index (χ1) is 12.2. The highest BCUT2D eigenvalue weighted by molar-refractivity contribution is 8.04. The standard InChI is InChI=1S/C14H9F9N2OS/c1-26-8-4-2-7(3-5-8)25-10(12(16,17)18)9(6-24)27-14(22,23)11(15)13(19,20)21/h2-5,11,25H,1H3/b10-9+. The molecule has 0 aliphatic rings. The molecule has 0 spiro atoms. The van der Waals surface area contributed by atoms with Crippen LogP contribution >= 0.6 is 11.8 Å². The van der Waals surface area contributed by atoms with Gasteiger partial charge in [-0.2, -0.15) is 40.4 Å². The van der Waals surface area contributed by atoms with Gasteiger partial charge in [-0.15, -0.1) is 0 Å². The van der Waals surface area contributed by atoms with Gasteiger partial charge in [0.05, 0.1) is 7.11 Å². The zero-order valence-electron chi connectivity index (χ0n) is 13.1. The molecule has 0 radical (unpaired) electrons. The summed E-state index contributed by atoms with van der Waals surface area (Å²) >= 11 is -1.47. The molecule has 0 saturated heterocycles. The largest absolute Gasteiger partial charge is 0.497 e. The van der Waals surface area contributed by atoms with Crippen LogP contribution < -0.4 is 10.1 Å². The fourth-order valence-electron chi connectivity index (χ4n) is 1.58. The van der Waals surface area contributed by atoms with Gasteiger partial charge in [0.25, 0.3) is 6.17 Å². The van der Waals surface area contributed by atoms with Crippen molar-refractivity contribution >= 4 is 17.4 Å². The molecule has 0 aliphatic heterocycles. The average Bonchev–Trinajstić information content (AvgIpc) is 2.55. The molecule has 1 atom stereocenters. The Bertz CT molecular complexity index is 720. The number of anilines is 1. The molecule has 0 amide bonds. The van der Waals surface area contributed by atoms with Crippen LogP contribution in [0.25, 0.3) is 0 Å². The van der Waals surface area contributed by atoms with Crippen molar-refractivity contribution in [3.63, 3.8) is 0 Å². The van der Waals surface area contributed by atoms with Crippen molar-refractivity contribution in [1.82, 2.24) is 0 Å². The highest BCUT2D eigenvalue weighted by Gasteiger charge is 2.58. The number of rotatable bonds is 6. The van der Waals surface area contributed by atoms with Crippen LogP contribution in [0.5, 0.6) is 5.75 Å². The number of nitriles is 1. The fraction of sp³-hybridized carbons (Fsp3) is 0.357. The van der Waals surface area contributed by atoms with E-state index in [2.05, 4.69) is 0 Å². The first kappa shape index (κ1) is 22.8. The van der Waals surface area contributed by atoms with Gasteiger partial charge in [0.1, 0.15) is 22.4 Å². The van der Waals surface area contributed by atoms with Crippen LogP contribution in [0, 0.1) is 11.3 Å². The number of nitrogens with one attached hydrogen (secondary N) is 1. The van der Waals surface area contributed by atoms with E-state index in [1.54, 1.807) is 5.32 Å². The summed E-state index contributed by atoms with van der Waals surface area (Å²) in [5.74, 6) is 0.241. The highest BCUT2D eigenvalue weighted by atomic mass is 32.2. The summed E-state index contributed by atoms with van der Waals surface area (Å²) in [7, 11) is 1.27. The lowest BCUT2D eigenvalue weighted by Gasteiger charge is -2.23. The fourth-order valence-corrected chi connectivity index (χ4v) is 2.41. The van der Waals surface area contributed by atoms with Crippen molar-refractivity contribution in [2.24, 2.45) is 0 Å². The van der Waals surface area contributed by atoms with Gasteiger partial charge in [0.15, 0.2) is 0 Å². The van der Waals surface area contributed by atoms with Crippen LogP contribution in [0.2, 0.25) is 0 Å². The van der Waals surface area contributed by atoms with Crippen molar-refractivity contribution in [2.75, 3.05) is 12.4 Å². The summed E-state index contributed by atoms with van der Waals surface area (Å²) in [5.41, 5.74) is -2.39. The number of alkyl halides is 9. The van der Waals surface area contributed by atoms with E-state index in [1.165, 1.54) is 19.2 Å². The van der Waals surface area contributed by atoms with E-state index in [9.17, 15) is 39.5 Å². The Morgan fingerprint density at radius 3 is 1.96 bits per heavy atom. The Morgan fingerprint density at radius 1 is 1.07 bits per heavy atom. The van der Waals surface area contributed by atoms with E-state index in [0.717, 1.165) is 18.2 Å². The van der Waals surface area contributed by atoms with Crippen molar-refractivity contribution in [1.29, 1.82) is 5.26 Å². The van der Waals surface area contributed by atoms with Crippen molar-refractivity contribution in [3.8, 4) is 11.8 Å². The number of halogens is 9. The number of allylic oxidation sites excluding steroid dienone is 2. The SMILES string of the molecule is COc1ccc(N/C(=C(\C#N)SC(F)(F)C(F)C(F)(F)F)C(F)(F)F)cc1. The molecule has 0 heterocycles. The van der Waals surface area contributed by atoms with Gasteiger partial charge in [-0.05, 0) is 36.0 Å². The number of methoxy groups -OCH3 is 1. The Balaban J connectivity index is 3.30. The van der Waals surface area contributed by atoms with Gasteiger partial charge < -0.3 is 10.1 Å². The summed E-state index contributed by atoms with van der Waals surface area (Å²) in [4.78, 5) is -1.87. The Kier molecular flexibility index (Phi) is 6.93. The number of hydrogen-bond donors (Lipinski definition) is 1. The Morgan fingerprint density at radius 2 is 1.59 bits per heavy atom. The molecule has 150 valence electrons. The van der Waals surface area contributed by atoms with Crippen molar-refractivity contribution in [2.45, 2.75) is 23.8 Å². The second kappa shape index (κ2) is 8.20. The molecule has 1 N–H and O–H groups in total. The lowest BCUT2D eigenvalue weighted by atomic mass is 10.2. The van der Waals surface area contributed by atoms with E-state index < -0.39 is 46.1 Å². The molecule has 1 aromatic rings. The average molecular weight is 424 g/mol. The van der Waals surface area contributed by atoms with Gasteiger partial charge in [0, 0.05) is 5.69 Å². The predicted molar refractivity (Wildman–Crippen MR) is 78.8 cm³/mol. The quantitative estimate of drug-likeness (QED) is 0.475. The lowest BCUT2D eigenvalue weighted by molar-refractivity contribution is -0.219. The molecule has 0 aromatic heterocycles. The molecule has 1 rings (SSSR count). The maximum absolute atomic E-state index is 13.4.